The predicted octanol–water partition coefficient (Wildman–Crippen LogP) is 3.83. The maximum absolute atomic E-state index is 11.0. The van der Waals surface area contributed by atoms with E-state index in [1.807, 2.05) is 20.8 Å². The van der Waals surface area contributed by atoms with Crippen LogP contribution in [0.5, 0.6) is 0 Å². The number of carbonyl (C=O) groups excluding carboxylic acids is 3. The van der Waals surface area contributed by atoms with Gasteiger partial charge in [0.25, 0.3) is 6.47 Å². The van der Waals surface area contributed by atoms with Crippen LogP contribution in [0.25, 0.3) is 0 Å². The molecule has 0 N–H and O–H groups in total. The molecule has 0 rings (SSSR count). The average Bonchev–Trinajstić information content (AvgIpc) is 2.07. The van der Waals surface area contributed by atoms with Gasteiger partial charge in [-0.15, -0.1) is 0 Å². The highest BCUT2D eigenvalue weighted by Crippen LogP contribution is 2.11. The standard InChI is InChI=1S/C10H18O5.C5H10O2/c1-9(2,3)14-7(11)13-8(12)15-10(4,5)6;1-5(2,3)7-4-6/h1-6H3;4H,1-3H3. The van der Waals surface area contributed by atoms with Crippen LogP contribution in [0.3, 0.4) is 0 Å². The number of carbonyl (C=O) groups is 3. The Hall–Kier alpha value is -1.79. The van der Waals surface area contributed by atoms with E-state index in [9.17, 15) is 14.4 Å². The molecular formula is C15H28O7. The molecule has 0 saturated heterocycles. The van der Waals surface area contributed by atoms with E-state index in [4.69, 9.17) is 9.47 Å². The molecule has 0 amide bonds. The van der Waals surface area contributed by atoms with Gasteiger partial charge in [0.1, 0.15) is 16.8 Å². The van der Waals surface area contributed by atoms with Gasteiger partial charge in [-0.2, -0.15) is 0 Å². The third kappa shape index (κ3) is 20.5. The van der Waals surface area contributed by atoms with Crippen molar-refractivity contribution in [2.75, 3.05) is 0 Å². The van der Waals surface area contributed by atoms with Gasteiger partial charge in [-0.25, -0.2) is 9.59 Å². The summed E-state index contributed by atoms with van der Waals surface area (Å²) in [6.45, 7) is 15.9. The van der Waals surface area contributed by atoms with Crippen molar-refractivity contribution in [2.24, 2.45) is 0 Å². The maximum Gasteiger partial charge on any atom is 0.519 e. The van der Waals surface area contributed by atoms with E-state index in [1.54, 1.807) is 41.5 Å². The van der Waals surface area contributed by atoms with Crippen molar-refractivity contribution >= 4 is 18.8 Å². The molecule has 0 radical (unpaired) electrons. The highest BCUT2D eigenvalue weighted by molar-refractivity contribution is 5.77. The molecule has 0 aromatic carbocycles. The van der Waals surface area contributed by atoms with E-state index in [2.05, 4.69) is 9.47 Å². The van der Waals surface area contributed by atoms with Crippen LogP contribution in [-0.2, 0) is 23.7 Å². The first-order valence-corrected chi connectivity index (χ1v) is 6.81. The van der Waals surface area contributed by atoms with Crippen molar-refractivity contribution in [3.8, 4) is 0 Å². The Morgan fingerprint density at radius 3 is 1.14 bits per heavy atom. The number of hydrogen-bond donors (Lipinski definition) is 0. The summed E-state index contributed by atoms with van der Waals surface area (Å²) in [4.78, 5) is 31.6. The first kappa shape index (κ1) is 22.5. The first-order chi connectivity index (χ1) is 9.56. The van der Waals surface area contributed by atoms with Gasteiger partial charge >= 0.3 is 12.3 Å². The molecule has 0 spiro atoms. The fourth-order valence-corrected chi connectivity index (χ4v) is 0.754. The summed E-state index contributed by atoms with van der Waals surface area (Å²) in [5, 5.41) is 0. The summed E-state index contributed by atoms with van der Waals surface area (Å²) in [7, 11) is 0. The van der Waals surface area contributed by atoms with E-state index >= 15 is 0 Å². The third-order valence-corrected chi connectivity index (χ3v) is 1.35. The van der Waals surface area contributed by atoms with Gasteiger partial charge in [0.15, 0.2) is 0 Å². The minimum Gasteiger partial charge on any atom is -0.462 e. The lowest BCUT2D eigenvalue weighted by Crippen LogP contribution is -2.29. The van der Waals surface area contributed by atoms with Crippen LogP contribution in [0.1, 0.15) is 62.3 Å². The van der Waals surface area contributed by atoms with Crippen LogP contribution in [-0.4, -0.2) is 35.6 Å². The normalized spacial score (nSPS) is 11.5. The summed E-state index contributed by atoms with van der Waals surface area (Å²) < 4.78 is 18.4. The van der Waals surface area contributed by atoms with E-state index in [-0.39, 0.29) is 5.60 Å². The van der Waals surface area contributed by atoms with Gasteiger partial charge in [0.05, 0.1) is 0 Å². The highest BCUT2D eigenvalue weighted by atomic mass is 16.8. The van der Waals surface area contributed by atoms with Gasteiger partial charge in [0, 0.05) is 0 Å². The second-order valence-electron chi connectivity index (χ2n) is 7.36. The van der Waals surface area contributed by atoms with Crippen LogP contribution in [0.2, 0.25) is 0 Å². The number of ether oxygens (including phenoxy) is 4. The molecule has 0 aromatic rings. The van der Waals surface area contributed by atoms with E-state index in [0.29, 0.717) is 6.47 Å². The minimum atomic E-state index is -1.06. The van der Waals surface area contributed by atoms with Crippen LogP contribution < -0.4 is 0 Å². The Bertz CT molecular complexity index is 341. The summed E-state index contributed by atoms with van der Waals surface area (Å²) in [6.07, 6.45) is -2.12. The molecular weight excluding hydrogens is 292 g/mol. The number of hydrogen-bond acceptors (Lipinski definition) is 7. The van der Waals surface area contributed by atoms with Gasteiger partial charge in [-0.1, -0.05) is 0 Å². The van der Waals surface area contributed by atoms with Crippen molar-refractivity contribution < 1.29 is 33.3 Å². The third-order valence-electron chi connectivity index (χ3n) is 1.35. The Kier molecular flexibility index (Phi) is 8.80. The summed E-state index contributed by atoms with van der Waals surface area (Å²) in [6, 6.07) is 0. The van der Waals surface area contributed by atoms with Gasteiger partial charge < -0.3 is 18.9 Å². The van der Waals surface area contributed by atoms with Crippen LogP contribution in [0.4, 0.5) is 9.59 Å². The Labute approximate surface area is 132 Å². The Balaban J connectivity index is 0. The zero-order valence-electron chi connectivity index (χ0n) is 14.9. The second-order valence-corrected chi connectivity index (χ2v) is 7.36. The quantitative estimate of drug-likeness (QED) is 0.314. The molecule has 0 fully saturated rings. The van der Waals surface area contributed by atoms with Crippen molar-refractivity contribution in [3.05, 3.63) is 0 Å². The first-order valence-electron chi connectivity index (χ1n) is 6.81. The molecule has 7 heteroatoms. The lowest BCUT2D eigenvalue weighted by Gasteiger charge is -2.20. The molecule has 0 aliphatic rings. The Morgan fingerprint density at radius 2 is 1.00 bits per heavy atom. The second kappa shape index (κ2) is 8.60. The molecule has 0 aromatic heterocycles. The van der Waals surface area contributed by atoms with Gasteiger partial charge in [-0.05, 0) is 62.3 Å². The van der Waals surface area contributed by atoms with E-state index in [0.717, 1.165) is 0 Å². The SMILES string of the molecule is CC(C)(C)OC(=O)OC(=O)OC(C)(C)C.CC(C)(C)OC=O. The van der Waals surface area contributed by atoms with Crippen molar-refractivity contribution in [1.29, 1.82) is 0 Å². The summed E-state index contributed by atoms with van der Waals surface area (Å²) >= 11 is 0. The van der Waals surface area contributed by atoms with E-state index in [1.165, 1.54) is 0 Å². The molecule has 130 valence electrons. The Morgan fingerprint density at radius 1 is 0.682 bits per heavy atom. The lowest BCUT2D eigenvalue weighted by atomic mass is 10.2. The van der Waals surface area contributed by atoms with Crippen LogP contribution in [0, 0.1) is 0 Å². The maximum atomic E-state index is 11.0. The fourth-order valence-electron chi connectivity index (χ4n) is 0.754. The summed E-state index contributed by atoms with van der Waals surface area (Å²) in [5.41, 5.74) is -1.71. The molecule has 0 aliphatic carbocycles. The number of rotatable bonds is 1. The van der Waals surface area contributed by atoms with Gasteiger partial charge in [-0.3, -0.25) is 4.79 Å². The molecule has 0 atom stereocenters. The van der Waals surface area contributed by atoms with Crippen molar-refractivity contribution in [3.63, 3.8) is 0 Å². The minimum absolute atomic E-state index is 0.318. The van der Waals surface area contributed by atoms with Gasteiger partial charge in [0.2, 0.25) is 0 Å². The molecule has 7 nitrogen and oxygen atoms in total. The van der Waals surface area contributed by atoms with E-state index < -0.39 is 23.5 Å². The molecule has 22 heavy (non-hydrogen) atoms. The molecule has 0 unspecified atom stereocenters. The predicted molar refractivity (Wildman–Crippen MR) is 80.5 cm³/mol. The lowest BCUT2D eigenvalue weighted by molar-refractivity contribution is -0.138. The average molecular weight is 320 g/mol. The molecule has 0 saturated carbocycles. The largest absolute Gasteiger partial charge is 0.519 e. The highest BCUT2D eigenvalue weighted by Gasteiger charge is 2.24. The van der Waals surface area contributed by atoms with Crippen LogP contribution >= 0.6 is 0 Å². The van der Waals surface area contributed by atoms with Crippen molar-refractivity contribution in [1.82, 2.24) is 0 Å². The van der Waals surface area contributed by atoms with Crippen molar-refractivity contribution in [2.45, 2.75) is 79.1 Å². The molecule has 0 heterocycles. The van der Waals surface area contributed by atoms with Crippen LogP contribution in [0.15, 0.2) is 0 Å². The fraction of sp³-hybridized carbons (Fsp3) is 0.800. The molecule has 0 bridgehead atoms. The zero-order valence-corrected chi connectivity index (χ0v) is 14.9. The summed E-state index contributed by atoms with van der Waals surface area (Å²) in [5.74, 6) is 0. The monoisotopic (exact) mass is 320 g/mol. The molecule has 0 aliphatic heterocycles. The topological polar surface area (TPSA) is 88.1 Å². The zero-order chi connectivity index (χ0) is 18.2. The smallest absolute Gasteiger partial charge is 0.462 e.